The number of pyridine rings is 2. The van der Waals surface area contributed by atoms with E-state index in [0.717, 1.165) is 43.0 Å². The van der Waals surface area contributed by atoms with Gasteiger partial charge in [0.2, 0.25) is 0 Å². The fourth-order valence-corrected chi connectivity index (χ4v) is 3.90. The van der Waals surface area contributed by atoms with Crippen molar-refractivity contribution >= 4 is 10.9 Å². The van der Waals surface area contributed by atoms with Crippen molar-refractivity contribution < 1.29 is 0 Å². The molecule has 0 fully saturated rings. The topological polar surface area (TPSA) is 46.8 Å². The second-order valence-electron chi connectivity index (χ2n) is 7.08. The lowest BCUT2D eigenvalue weighted by molar-refractivity contribution is 0.286. The van der Waals surface area contributed by atoms with E-state index < -0.39 is 0 Å². The Balaban J connectivity index is 1.33. The molecule has 0 aliphatic carbocycles. The molecule has 3 aromatic heterocycles. The number of hydrogen-bond donors (Lipinski definition) is 0. The number of aromatic nitrogens is 4. The summed E-state index contributed by atoms with van der Waals surface area (Å²) in [4.78, 5) is 11.9. The minimum Gasteiger partial charge on any atom is -0.293 e. The lowest BCUT2D eigenvalue weighted by atomic mass is 10.1. The summed E-state index contributed by atoms with van der Waals surface area (Å²) in [6.45, 7) is 2.80. The fourth-order valence-electron chi connectivity index (χ4n) is 3.90. The normalized spacial score (nSPS) is 14.0. The largest absolute Gasteiger partial charge is 0.293 e. The van der Waals surface area contributed by atoms with Crippen LogP contribution in [0, 0.1) is 0 Å². The first kappa shape index (κ1) is 16.1. The summed E-state index contributed by atoms with van der Waals surface area (Å²) in [6, 6.07) is 16.8. The Morgan fingerprint density at radius 3 is 2.78 bits per heavy atom. The molecule has 4 aromatic rings. The monoisotopic (exact) mass is 355 g/mol. The summed E-state index contributed by atoms with van der Waals surface area (Å²) in [5, 5.41) is 5.51. The first-order valence-electron chi connectivity index (χ1n) is 9.30. The van der Waals surface area contributed by atoms with E-state index in [9.17, 15) is 0 Å². The van der Waals surface area contributed by atoms with Gasteiger partial charge >= 0.3 is 0 Å². The highest BCUT2D eigenvalue weighted by Crippen LogP contribution is 2.31. The average Bonchev–Trinajstić information content (AvgIpc) is 3.31. The van der Waals surface area contributed by atoms with Crippen molar-refractivity contribution in [2.45, 2.75) is 19.5 Å². The highest BCUT2D eigenvalue weighted by Gasteiger charge is 2.24. The molecule has 134 valence electrons. The highest BCUT2D eigenvalue weighted by atomic mass is 15.3. The second kappa shape index (κ2) is 6.59. The molecule has 0 unspecified atom stereocenters. The maximum atomic E-state index is 4.80. The fraction of sp³-hybridized carbons (Fsp3) is 0.227. The Kier molecular flexibility index (Phi) is 3.94. The molecule has 0 spiro atoms. The van der Waals surface area contributed by atoms with Crippen molar-refractivity contribution in [2.75, 3.05) is 6.54 Å². The maximum absolute atomic E-state index is 4.80. The maximum Gasteiger partial charge on any atom is 0.0705 e. The zero-order valence-corrected chi connectivity index (χ0v) is 15.3. The molecule has 5 nitrogen and oxygen atoms in total. The van der Waals surface area contributed by atoms with Crippen LogP contribution in [0.4, 0.5) is 0 Å². The van der Waals surface area contributed by atoms with Crippen molar-refractivity contribution in [1.29, 1.82) is 0 Å². The van der Waals surface area contributed by atoms with Crippen molar-refractivity contribution in [3.05, 3.63) is 77.9 Å². The van der Waals surface area contributed by atoms with Gasteiger partial charge < -0.3 is 0 Å². The van der Waals surface area contributed by atoms with Crippen molar-refractivity contribution in [2.24, 2.45) is 7.05 Å². The summed E-state index contributed by atoms with van der Waals surface area (Å²) in [5.41, 5.74) is 7.11. The molecule has 1 aliphatic heterocycles. The molecular formula is C22H21N5. The van der Waals surface area contributed by atoms with Gasteiger partial charge in [-0.2, -0.15) is 5.10 Å². The number of nitrogens with zero attached hydrogens (tertiary/aromatic N) is 5. The lowest BCUT2D eigenvalue weighted by Gasteiger charge is -2.14. The minimum atomic E-state index is 0.897. The first-order valence-corrected chi connectivity index (χ1v) is 9.30. The summed E-state index contributed by atoms with van der Waals surface area (Å²) >= 11 is 0. The quantitative estimate of drug-likeness (QED) is 0.561. The smallest absolute Gasteiger partial charge is 0.0705 e. The molecule has 4 heterocycles. The number of benzene rings is 1. The van der Waals surface area contributed by atoms with Crippen molar-refractivity contribution in [3.8, 4) is 11.3 Å². The van der Waals surface area contributed by atoms with Crippen LogP contribution in [0.5, 0.6) is 0 Å². The Bertz CT molecular complexity index is 1110. The Morgan fingerprint density at radius 2 is 1.89 bits per heavy atom. The van der Waals surface area contributed by atoms with Crippen molar-refractivity contribution in [1.82, 2.24) is 24.6 Å². The molecule has 0 saturated carbocycles. The summed E-state index contributed by atoms with van der Waals surface area (Å²) in [5.74, 6) is 0. The molecule has 0 saturated heterocycles. The van der Waals surface area contributed by atoms with E-state index in [2.05, 4.69) is 57.4 Å². The van der Waals surface area contributed by atoms with E-state index in [0.29, 0.717) is 0 Å². The molecule has 0 N–H and O–H groups in total. The number of rotatable bonds is 4. The first-order chi connectivity index (χ1) is 13.3. The molecule has 0 atom stereocenters. The summed E-state index contributed by atoms with van der Waals surface area (Å²) in [6.07, 6.45) is 4.70. The Morgan fingerprint density at radius 1 is 0.963 bits per heavy atom. The zero-order valence-electron chi connectivity index (χ0n) is 15.3. The predicted molar refractivity (Wildman–Crippen MR) is 106 cm³/mol. The molecule has 5 heteroatoms. The third-order valence-corrected chi connectivity index (χ3v) is 5.34. The van der Waals surface area contributed by atoms with Gasteiger partial charge in [-0.05, 0) is 29.8 Å². The Labute approximate surface area is 158 Å². The standard InChI is InChI=1S/C22H21N5/c1-26-22(9-12-24-26)18-8-11-23-21-15-27(14-19(18)21)13-10-17-7-6-16-4-2-3-5-20(16)25-17/h2-9,11-12H,10,13-15H2,1H3. The van der Waals surface area contributed by atoms with Gasteiger partial charge in [-0.3, -0.25) is 19.5 Å². The number of fused-ring (bicyclic) bond motifs is 2. The van der Waals surface area contributed by atoms with Gasteiger partial charge in [0.1, 0.15) is 0 Å². The third kappa shape index (κ3) is 3.00. The Hall–Kier alpha value is -3.05. The van der Waals surface area contributed by atoms with Gasteiger partial charge in [0.15, 0.2) is 0 Å². The van der Waals surface area contributed by atoms with E-state index in [1.807, 2.05) is 30.2 Å². The van der Waals surface area contributed by atoms with E-state index in [1.165, 1.54) is 22.2 Å². The molecule has 1 aliphatic rings. The molecule has 0 amide bonds. The van der Waals surface area contributed by atoms with Crippen LogP contribution in [0.2, 0.25) is 0 Å². The summed E-state index contributed by atoms with van der Waals surface area (Å²) < 4.78 is 1.93. The van der Waals surface area contributed by atoms with Crippen LogP contribution >= 0.6 is 0 Å². The van der Waals surface area contributed by atoms with E-state index >= 15 is 0 Å². The molecule has 1 aromatic carbocycles. The van der Waals surface area contributed by atoms with Crippen LogP contribution in [0.15, 0.2) is 60.9 Å². The minimum absolute atomic E-state index is 0.897. The molecule has 0 bridgehead atoms. The molecule has 0 radical (unpaired) electrons. The van der Waals surface area contributed by atoms with E-state index in [-0.39, 0.29) is 0 Å². The number of hydrogen-bond acceptors (Lipinski definition) is 4. The van der Waals surface area contributed by atoms with Crippen LogP contribution in [0.1, 0.15) is 17.0 Å². The van der Waals surface area contributed by atoms with E-state index in [4.69, 9.17) is 4.98 Å². The van der Waals surface area contributed by atoms with Crippen LogP contribution in [-0.4, -0.2) is 31.2 Å². The SMILES string of the molecule is Cn1nccc1-c1ccnc2c1CN(CCc1ccc3ccccc3n1)C2. The van der Waals surface area contributed by atoms with Crippen LogP contribution in [-0.2, 0) is 26.6 Å². The van der Waals surface area contributed by atoms with Gasteiger partial charge in [0.25, 0.3) is 0 Å². The van der Waals surface area contributed by atoms with Crippen LogP contribution < -0.4 is 0 Å². The van der Waals surface area contributed by atoms with Gasteiger partial charge in [-0.1, -0.05) is 24.3 Å². The second-order valence-corrected chi connectivity index (χ2v) is 7.08. The van der Waals surface area contributed by atoms with Crippen LogP contribution in [0.25, 0.3) is 22.2 Å². The third-order valence-electron chi connectivity index (χ3n) is 5.34. The van der Waals surface area contributed by atoms with Gasteiger partial charge in [-0.15, -0.1) is 0 Å². The summed E-state index contributed by atoms with van der Waals surface area (Å²) in [7, 11) is 1.99. The molecule has 5 rings (SSSR count). The zero-order chi connectivity index (χ0) is 18.2. The van der Waals surface area contributed by atoms with E-state index in [1.54, 1.807) is 0 Å². The van der Waals surface area contributed by atoms with Gasteiger partial charge in [0.05, 0.1) is 16.9 Å². The number of para-hydroxylation sites is 1. The predicted octanol–water partition coefficient (Wildman–Crippen LogP) is 3.59. The average molecular weight is 355 g/mol. The number of aryl methyl sites for hydroxylation is 1. The highest BCUT2D eigenvalue weighted by molar-refractivity contribution is 5.78. The van der Waals surface area contributed by atoms with Gasteiger partial charge in [-0.25, -0.2) is 0 Å². The molecule has 27 heavy (non-hydrogen) atoms. The van der Waals surface area contributed by atoms with Gasteiger partial charge in [0, 0.05) is 62.1 Å². The molecular weight excluding hydrogens is 334 g/mol. The van der Waals surface area contributed by atoms with Crippen LogP contribution in [0.3, 0.4) is 0 Å². The lowest BCUT2D eigenvalue weighted by Crippen LogP contribution is -2.20. The van der Waals surface area contributed by atoms with Crippen molar-refractivity contribution in [3.63, 3.8) is 0 Å².